The summed E-state index contributed by atoms with van der Waals surface area (Å²) in [5.41, 5.74) is 0.0916. The van der Waals surface area contributed by atoms with Crippen molar-refractivity contribution < 1.29 is 14.3 Å². The number of nitrogens with one attached hydrogen (secondary N) is 1. The van der Waals surface area contributed by atoms with Gasteiger partial charge in [-0.25, -0.2) is 4.79 Å². The molecule has 0 saturated heterocycles. The van der Waals surface area contributed by atoms with Crippen LogP contribution in [0.2, 0.25) is 0 Å². The molecule has 1 atom stereocenters. The molecule has 94 valence electrons. The van der Waals surface area contributed by atoms with Gasteiger partial charge in [-0.3, -0.25) is 4.79 Å². The summed E-state index contributed by atoms with van der Waals surface area (Å²) in [4.78, 5) is 24.6. The Hall–Kier alpha value is -2.10. The van der Waals surface area contributed by atoms with Crippen LogP contribution in [-0.4, -0.2) is 23.9 Å². The molecular weight excluding hydrogens is 230 g/mol. The van der Waals surface area contributed by atoms with Crippen molar-refractivity contribution in [3.8, 4) is 0 Å². The molecule has 0 aromatic heterocycles. The van der Waals surface area contributed by atoms with E-state index in [9.17, 15) is 9.59 Å². The molecule has 1 aliphatic heterocycles. The molecule has 0 spiro atoms. The van der Waals surface area contributed by atoms with Crippen LogP contribution in [0.1, 0.15) is 24.2 Å². The fourth-order valence-electron chi connectivity index (χ4n) is 2.11. The van der Waals surface area contributed by atoms with Gasteiger partial charge in [0, 0.05) is 11.3 Å². The number of hydrogen-bond acceptors (Lipinski definition) is 4. The molecular formula is C14H15NO3. The van der Waals surface area contributed by atoms with Gasteiger partial charge < -0.3 is 10.1 Å². The number of carbonyl (C=O) groups is 2. The number of rotatable bonds is 3. The third-order valence-corrected chi connectivity index (χ3v) is 3.06. The van der Waals surface area contributed by atoms with Gasteiger partial charge in [0.25, 0.3) is 0 Å². The zero-order valence-corrected chi connectivity index (χ0v) is 10.4. The van der Waals surface area contributed by atoms with E-state index >= 15 is 0 Å². The summed E-state index contributed by atoms with van der Waals surface area (Å²) >= 11 is 0. The summed E-state index contributed by atoms with van der Waals surface area (Å²) in [5.74, 6) is -0.900. The fraction of sp³-hybridized carbons (Fsp3) is 0.286. The predicted molar refractivity (Wildman–Crippen MR) is 68.6 cm³/mol. The second-order valence-electron chi connectivity index (χ2n) is 4.25. The first-order valence-corrected chi connectivity index (χ1v) is 5.79. The number of ether oxygens (including phenoxy) is 1. The lowest BCUT2D eigenvalue weighted by molar-refractivity contribution is -0.145. The van der Waals surface area contributed by atoms with E-state index in [4.69, 9.17) is 4.74 Å². The van der Waals surface area contributed by atoms with E-state index < -0.39 is 11.5 Å². The Balaban J connectivity index is 2.51. The molecule has 4 nitrogen and oxygen atoms in total. The Labute approximate surface area is 106 Å². The number of para-hydroxylation sites is 1. The van der Waals surface area contributed by atoms with Gasteiger partial charge in [0.05, 0.1) is 6.61 Å². The topological polar surface area (TPSA) is 55.4 Å². The van der Waals surface area contributed by atoms with Crippen LogP contribution in [0.3, 0.4) is 0 Å². The number of fused-ring (bicyclic) bond motifs is 1. The zero-order valence-electron chi connectivity index (χ0n) is 10.4. The largest absolute Gasteiger partial charge is 0.464 e. The van der Waals surface area contributed by atoms with Gasteiger partial charge in [-0.1, -0.05) is 18.7 Å². The normalized spacial score (nSPS) is 21.1. The molecule has 1 unspecified atom stereocenters. The maximum absolute atomic E-state index is 12.5. The number of ketones is 1. The highest BCUT2D eigenvalue weighted by atomic mass is 16.5. The molecule has 0 aliphatic carbocycles. The number of esters is 1. The van der Waals surface area contributed by atoms with Crippen LogP contribution in [0, 0.1) is 0 Å². The predicted octanol–water partition coefficient (Wildman–Crippen LogP) is 2.17. The summed E-state index contributed by atoms with van der Waals surface area (Å²) in [6.07, 6.45) is 0. The van der Waals surface area contributed by atoms with E-state index in [1.165, 1.54) is 0 Å². The molecule has 0 radical (unpaired) electrons. The molecule has 0 fully saturated rings. The van der Waals surface area contributed by atoms with E-state index in [2.05, 4.69) is 11.9 Å². The highest BCUT2D eigenvalue weighted by Gasteiger charge is 2.53. The number of benzene rings is 1. The van der Waals surface area contributed by atoms with Crippen molar-refractivity contribution in [1.82, 2.24) is 0 Å². The smallest absolute Gasteiger partial charge is 0.344 e. The van der Waals surface area contributed by atoms with Gasteiger partial charge in [0.15, 0.2) is 0 Å². The van der Waals surface area contributed by atoms with Crippen LogP contribution in [0.4, 0.5) is 5.69 Å². The second-order valence-corrected chi connectivity index (χ2v) is 4.25. The molecule has 4 heteroatoms. The molecule has 0 saturated carbocycles. The lowest BCUT2D eigenvalue weighted by Gasteiger charge is -2.26. The number of carbonyl (C=O) groups excluding carboxylic acids is 2. The third kappa shape index (κ3) is 1.53. The van der Waals surface area contributed by atoms with Gasteiger partial charge in [0.2, 0.25) is 11.3 Å². The molecule has 2 rings (SSSR count). The maximum atomic E-state index is 12.5. The summed E-state index contributed by atoms with van der Waals surface area (Å²) in [6.45, 7) is 7.33. The zero-order chi connectivity index (χ0) is 13.3. The minimum Gasteiger partial charge on any atom is -0.464 e. The van der Waals surface area contributed by atoms with Crippen LogP contribution in [0.25, 0.3) is 0 Å². The van der Waals surface area contributed by atoms with Crippen molar-refractivity contribution in [3.63, 3.8) is 0 Å². The van der Waals surface area contributed by atoms with Gasteiger partial charge >= 0.3 is 5.97 Å². The fourth-order valence-corrected chi connectivity index (χ4v) is 2.11. The number of anilines is 1. The summed E-state index contributed by atoms with van der Waals surface area (Å²) in [5, 5.41) is 2.96. The van der Waals surface area contributed by atoms with Crippen molar-refractivity contribution in [2.24, 2.45) is 0 Å². The molecule has 0 bridgehead atoms. The van der Waals surface area contributed by atoms with E-state index in [0.29, 0.717) is 16.8 Å². The molecule has 1 aromatic rings. The average molecular weight is 245 g/mol. The van der Waals surface area contributed by atoms with Crippen molar-refractivity contribution in [2.75, 3.05) is 11.9 Å². The Bertz CT molecular complexity index is 536. The molecule has 1 aromatic carbocycles. The Morgan fingerprint density at radius 3 is 2.67 bits per heavy atom. The highest BCUT2D eigenvalue weighted by molar-refractivity contribution is 6.26. The van der Waals surface area contributed by atoms with E-state index in [1.807, 2.05) is 0 Å². The Kier molecular flexibility index (Phi) is 2.95. The lowest BCUT2D eigenvalue weighted by atomic mass is 9.87. The third-order valence-electron chi connectivity index (χ3n) is 3.06. The standard InChI is InChI=1S/C14H15NO3/c1-4-18-13(17)14(9(2)3)12(16)10-7-5-6-8-11(10)15-14/h5-8,15H,2,4H2,1,3H3. The monoisotopic (exact) mass is 245 g/mol. The van der Waals surface area contributed by atoms with Crippen molar-refractivity contribution in [1.29, 1.82) is 0 Å². The van der Waals surface area contributed by atoms with Crippen molar-refractivity contribution >= 4 is 17.4 Å². The summed E-state index contributed by atoms with van der Waals surface area (Å²) in [7, 11) is 0. The van der Waals surface area contributed by atoms with Crippen LogP contribution >= 0.6 is 0 Å². The molecule has 1 aliphatic rings. The highest BCUT2D eigenvalue weighted by Crippen LogP contribution is 2.37. The van der Waals surface area contributed by atoms with Gasteiger partial charge in [-0.15, -0.1) is 0 Å². The number of hydrogen-bond donors (Lipinski definition) is 1. The van der Waals surface area contributed by atoms with E-state index in [0.717, 1.165) is 0 Å². The first-order chi connectivity index (χ1) is 8.54. The van der Waals surface area contributed by atoms with Crippen LogP contribution < -0.4 is 5.32 Å². The van der Waals surface area contributed by atoms with Crippen molar-refractivity contribution in [2.45, 2.75) is 19.4 Å². The van der Waals surface area contributed by atoms with Gasteiger partial charge in [0.1, 0.15) is 0 Å². The summed E-state index contributed by atoms with van der Waals surface area (Å²) in [6, 6.07) is 7.02. The first kappa shape index (κ1) is 12.4. The molecule has 18 heavy (non-hydrogen) atoms. The first-order valence-electron chi connectivity index (χ1n) is 5.79. The Morgan fingerprint density at radius 1 is 1.44 bits per heavy atom. The van der Waals surface area contributed by atoms with Gasteiger partial charge in [-0.05, 0) is 31.6 Å². The second kappa shape index (κ2) is 4.29. The summed E-state index contributed by atoms with van der Waals surface area (Å²) < 4.78 is 5.01. The Morgan fingerprint density at radius 2 is 2.11 bits per heavy atom. The van der Waals surface area contributed by atoms with Gasteiger partial charge in [-0.2, -0.15) is 0 Å². The quantitative estimate of drug-likeness (QED) is 0.504. The van der Waals surface area contributed by atoms with Crippen LogP contribution in [-0.2, 0) is 9.53 Å². The molecule has 0 amide bonds. The SMILES string of the molecule is C=C(C)C1(C(=O)OCC)Nc2ccccc2C1=O. The maximum Gasteiger partial charge on any atom is 0.344 e. The lowest BCUT2D eigenvalue weighted by Crippen LogP contribution is -2.51. The number of Topliss-reactive ketones (excluding diaryl/α,β-unsaturated/α-hetero) is 1. The minimum absolute atomic E-state index is 0.221. The van der Waals surface area contributed by atoms with Crippen LogP contribution in [0.15, 0.2) is 36.4 Å². The minimum atomic E-state index is -1.47. The average Bonchev–Trinajstić information content (AvgIpc) is 2.65. The van der Waals surface area contributed by atoms with E-state index in [1.54, 1.807) is 38.1 Å². The van der Waals surface area contributed by atoms with E-state index in [-0.39, 0.29) is 12.4 Å². The van der Waals surface area contributed by atoms with Crippen LogP contribution in [0.5, 0.6) is 0 Å². The van der Waals surface area contributed by atoms with Crippen molar-refractivity contribution in [3.05, 3.63) is 42.0 Å². The molecule has 1 heterocycles. The molecule has 1 N–H and O–H groups in total.